The minimum Gasteiger partial charge on any atom is -0.289 e. The van der Waals surface area contributed by atoms with E-state index in [-0.39, 0.29) is 5.78 Å². The molecule has 0 heterocycles. The Morgan fingerprint density at radius 3 is 2.73 bits per heavy atom. The van der Waals surface area contributed by atoms with E-state index < -0.39 is 0 Å². The summed E-state index contributed by atoms with van der Waals surface area (Å²) in [7, 11) is 0. The van der Waals surface area contributed by atoms with Crippen molar-refractivity contribution in [3.05, 3.63) is 45.4 Å². The van der Waals surface area contributed by atoms with Crippen LogP contribution in [-0.4, -0.2) is 5.78 Å². The van der Waals surface area contributed by atoms with Crippen molar-refractivity contribution in [2.45, 2.75) is 26.2 Å². The molecule has 0 radical (unpaired) electrons. The van der Waals surface area contributed by atoms with Crippen LogP contribution >= 0.6 is 15.9 Å². The largest absolute Gasteiger partial charge is 0.289 e. The lowest BCUT2D eigenvalue weighted by atomic mass is 10.0. The smallest absolute Gasteiger partial charge is 0.188 e. The molecule has 0 bridgehead atoms. The Hall–Kier alpha value is -0.890. The van der Waals surface area contributed by atoms with Gasteiger partial charge in [0.1, 0.15) is 0 Å². The van der Waals surface area contributed by atoms with Crippen molar-refractivity contribution in [3.63, 3.8) is 0 Å². The first-order valence-corrected chi connectivity index (χ1v) is 5.97. The Morgan fingerprint density at radius 1 is 1.33 bits per heavy atom. The highest BCUT2D eigenvalue weighted by atomic mass is 79.9. The van der Waals surface area contributed by atoms with Gasteiger partial charge in [0, 0.05) is 10.0 Å². The molecule has 78 valence electrons. The summed E-state index contributed by atoms with van der Waals surface area (Å²) in [5.41, 5.74) is 2.90. The topological polar surface area (TPSA) is 17.1 Å². The summed E-state index contributed by atoms with van der Waals surface area (Å²) in [6, 6.07) is 5.86. The van der Waals surface area contributed by atoms with Crippen LogP contribution in [0.25, 0.3) is 0 Å². The maximum Gasteiger partial charge on any atom is 0.188 e. The van der Waals surface area contributed by atoms with Crippen molar-refractivity contribution >= 4 is 21.7 Å². The highest BCUT2D eigenvalue weighted by Crippen LogP contribution is 2.24. The minimum absolute atomic E-state index is 0.192. The molecule has 1 aromatic carbocycles. The lowest BCUT2D eigenvalue weighted by molar-refractivity contribution is 0.103. The third-order valence-corrected chi connectivity index (χ3v) is 3.09. The summed E-state index contributed by atoms with van der Waals surface area (Å²) in [6.45, 7) is 2.00. The van der Waals surface area contributed by atoms with Gasteiger partial charge in [-0.3, -0.25) is 4.79 Å². The van der Waals surface area contributed by atoms with E-state index >= 15 is 0 Å². The maximum absolute atomic E-state index is 12.1. The number of hydrogen-bond acceptors (Lipinski definition) is 1. The average molecular weight is 265 g/mol. The predicted molar refractivity (Wildman–Crippen MR) is 65.1 cm³/mol. The highest BCUT2D eigenvalue weighted by molar-refractivity contribution is 9.10. The molecule has 0 amide bonds. The molecule has 1 aliphatic rings. The highest BCUT2D eigenvalue weighted by Gasteiger charge is 2.15. The van der Waals surface area contributed by atoms with Crippen LogP contribution in [0.4, 0.5) is 0 Å². The Kier molecular flexibility index (Phi) is 3.06. The van der Waals surface area contributed by atoms with Crippen LogP contribution in [0.3, 0.4) is 0 Å². The molecule has 0 atom stereocenters. The van der Waals surface area contributed by atoms with Crippen molar-refractivity contribution in [2.75, 3.05) is 0 Å². The van der Waals surface area contributed by atoms with Gasteiger partial charge in [-0.05, 0) is 55.5 Å². The molecule has 0 spiro atoms. The summed E-state index contributed by atoms with van der Waals surface area (Å²) in [4.78, 5) is 12.1. The third kappa shape index (κ3) is 2.37. The number of hydrogen-bond donors (Lipinski definition) is 0. The molecule has 1 aromatic rings. The van der Waals surface area contributed by atoms with E-state index in [1.807, 2.05) is 25.1 Å². The fraction of sp³-hybridized carbons (Fsp3) is 0.308. The van der Waals surface area contributed by atoms with E-state index in [0.29, 0.717) is 0 Å². The zero-order valence-corrected chi connectivity index (χ0v) is 10.3. The van der Waals surface area contributed by atoms with Crippen LogP contribution in [0.2, 0.25) is 0 Å². The number of halogens is 1. The number of carbonyl (C=O) groups excluding carboxylic acids is 1. The Balaban J connectivity index is 2.32. The van der Waals surface area contributed by atoms with E-state index in [4.69, 9.17) is 0 Å². The first-order chi connectivity index (χ1) is 7.16. The number of ketones is 1. The molecule has 0 aromatic heterocycles. The van der Waals surface area contributed by atoms with Crippen LogP contribution in [0.5, 0.6) is 0 Å². The summed E-state index contributed by atoms with van der Waals surface area (Å²) < 4.78 is 0.976. The number of benzene rings is 1. The van der Waals surface area contributed by atoms with Crippen LogP contribution in [0, 0.1) is 6.92 Å². The molecular formula is C13H13BrO. The van der Waals surface area contributed by atoms with Gasteiger partial charge < -0.3 is 0 Å². The number of allylic oxidation sites excluding steroid dienone is 2. The normalized spacial score (nSPS) is 15.2. The monoisotopic (exact) mass is 264 g/mol. The number of rotatable bonds is 2. The van der Waals surface area contributed by atoms with Crippen LogP contribution < -0.4 is 0 Å². The van der Waals surface area contributed by atoms with Crippen LogP contribution in [-0.2, 0) is 0 Å². The van der Waals surface area contributed by atoms with Gasteiger partial charge in [-0.1, -0.05) is 22.0 Å². The van der Waals surface area contributed by atoms with Gasteiger partial charge in [-0.25, -0.2) is 0 Å². The molecule has 0 aliphatic heterocycles. The molecular weight excluding hydrogens is 252 g/mol. The zero-order chi connectivity index (χ0) is 10.8. The SMILES string of the molecule is Cc1cc(Br)cc(C(=O)C2=CCCC2)c1. The summed E-state index contributed by atoms with van der Waals surface area (Å²) in [6.07, 6.45) is 5.17. The maximum atomic E-state index is 12.1. The Morgan fingerprint density at radius 2 is 2.13 bits per heavy atom. The zero-order valence-electron chi connectivity index (χ0n) is 8.72. The quantitative estimate of drug-likeness (QED) is 0.737. The molecule has 2 heteroatoms. The third-order valence-electron chi connectivity index (χ3n) is 2.64. The Labute approximate surface area is 98.3 Å². The van der Waals surface area contributed by atoms with E-state index in [9.17, 15) is 4.79 Å². The van der Waals surface area contributed by atoms with Gasteiger partial charge in [0.15, 0.2) is 5.78 Å². The number of Topliss-reactive ketones (excluding diaryl/α,β-unsaturated/α-hetero) is 1. The van der Waals surface area contributed by atoms with Crippen molar-refractivity contribution in [2.24, 2.45) is 0 Å². The van der Waals surface area contributed by atoms with Crippen molar-refractivity contribution in [3.8, 4) is 0 Å². The summed E-state index contributed by atoms with van der Waals surface area (Å²) >= 11 is 3.42. The Bertz CT molecular complexity index is 412. The second kappa shape index (κ2) is 4.31. The molecule has 2 rings (SSSR count). The number of aryl methyl sites for hydroxylation is 1. The lowest BCUT2D eigenvalue weighted by Crippen LogP contribution is -2.01. The van der Waals surface area contributed by atoms with Gasteiger partial charge in [0.25, 0.3) is 0 Å². The second-order valence-corrected chi connectivity index (χ2v) is 4.88. The van der Waals surface area contributed by atoms with Gasteiger partial charge in [-0.15, -0.1) is 0 Å². The summed E-state index contributed by atoms with van der Waals surface area (Å²) in [5, 5.41) is 0. The van der Waals surface area contributed by atoms with Gasteiger partial charge in [0.2, 0.25) is 0 Å². The predicted octanol–water partition coefficient (Wildman–Crippen LogP) is 4.05. The number of carbonyl (C=O) groups is 1. The van der Waals surface area contributed by atoms with Crippen molar-refractivity contribution in [1.29, 1.82) is 0 Å². The first kappa shape index (κ1) is 10.6. The molecule has 15 heavy (non-hydrogen) atoms. The minimum atomic E-state index is 0.192. The van der Waals surface area contributed by atoms with E-state index in [1.165, 1.54) is 0 Å². The summed E-state index contributed by atoms with van der Waals surface area (Å²) in [5.74, 6) is 0.192. The fourth-order valence-corrected chi connectivity index (χ4v) is 2.54. The first-order valence-electron chi connectivity index (χ1n) is 5.18. The van der Waals surface area contributed by atoms with Gasteiger partial charge >= 0.3 is 0 Å². The van der Waals surface area contributed by atoms with Crippen molar-refractivity contribution < 1.29 is 4.79 Å². The van der Waals surface area contributed by atoms with Crippen molar-refractivity contribution in [1.82, 2.24) is 0 Å². The fourth-order valence-electron chi connectivity index (χ4n) is 1.93. The second-order valence-electron chi connectivity index (χ2n) is 3.97. The lowest BCUT2D eigenvalue weighted by Gasteiger charge is -2.04. The van der Waals surface area contributed by atoms with Gasteiger partial charge in [-0.2, -0.15) is 0 Å². The molecule has 1 aliphatic carbocycles. The molecule has 0 unspecified atom stereocenters. The van der Waals surface area contributed by atoms with Crippen LogP contribution in [0.1, 0.15) is 35.2 Å². The molecule has 0 N–H and O–H groups in total. The van der Waals surface area contributed by atoms with E-state index in [0.717, 1.165) is 40.4 Å². The van der Waals surface area contributed by atoms with Crippen LogP contribution in [0.15, 0.2) is 34.3 Å². The van der Waals surface area contributed by atoms with Gasteiger partial charge in [0.05, 0.1) is 0 Å². The molecule has 0 saturated heterocycles. The molecule has 0 saturated carbocycles. The standard InChI is InChI=1S/C13H13BrO/c1-9-6-11(8-12(14)7-9)13(15)10-4-2-3-5-10/h4,6-8H,2-3,5H2,1H3. The average Bonchev–Trinajstić information content (AvgIpc) is 2.67. The van der Waals surface area contributed by atoms with E-state index in [1.54, 1.807) is 0 Å². The molecule has 1 nitrogen and oxygen atoms in total. The molecule has 0 fully saturated rings. The van der Waals surface area contributed by atoms with E-state index in [2.05, 4.69) is 22.0 Å².